The van der Waals surface area contributed by atoms with Crippen LogP contribution in [0, 0.1) is 0 Å². The van der Waals surface area contributed by atoms with Gasteiger partial charge in [-0.3, -0.25) is 9.59 Å². The summed E-state index contributed by atoms with van der Waals surface area (Å²) in [6, 6.07) is 2.70. The summed E-state index contributed by atoms with van der Waals surface area (Å²) in [6.07, 6.45) is -0.554. The van der Waals surface area contributed by atoms with Crippen molar-refractivity contribution < 1.29 is 24.6 Å². The topological polar surface area (TPSA) is 116 Å². The molecular weight excluding hydrogens is 347 g/mol. The number of aliphatic carboxylic acids is 2. The van der Waals surface area contributed by atoms with E-state index in [1.807, 2.05) is 0 Å². The third-order valence-electron chi connectivity index (χ3n) is 2.96. The number of carbonyl (C=O) groups excluding carboxylic acids is 1. The maximum Gasteiger partial charge on any atom is 0.326 e. The van der Waals surface area contributed by atoms with E-state index >= 15 is 0 Å². The zero-order valence-corrected chi connectivity index (χ0v) is 13.7. The number of benzene rings is 1. The molecule has 1 amide bonds. The minimum absolute atomic E-state index is 0.199. The molecule has 9 heteroatoms. The van der Waals surface area contributed by atoms with E-state index in [2.05, 4.69) is 10.6 Å². The van der Waals surface area contributed by atoms with Gasteiger partial charge in [-0.2, -0.15) is 0 Å². The van der Waals surface area contributed by atoms with Crippen LogP contribution in [0.4, 0.5) is 5.69 Å². The van der Waals surface area contributed by atoms with Gasteiger partial charge in [0.2, 0.25) is 5.91 Å². The molecule has 0 saturated heterocycles. The van der Waals surface area contributed by atoms with Crippen LogP contribution in [0.2, 0.25) is 10.0 Å². The highest BCUT2D eigenvalue weighted by atomic mass is 35.5. The summed E-state index contributed by atoms with van der Waals surface area (Å²) in [5.74, 6) is -3.00. The smallest absolute Gasteiger partial charge is 0.326 e. The van der Waals surface area contributed by atoms with Gasteiger partial charge in [0, 0.05) is 12.1 Å². The van der Waals surface area contributed by atoms with Crippen molar-refractivity contribution in [3.05, 3.63) is 28.2 Å². The molecule has 0 fully saturated rings. The second-order valence-electron chi connectivity index (χ2n) is 4.83. The first-order valence-corrected chi connectivity index (χ1v) is 7.43. The summed E-state index contributed by atoms with van der Waals surface area (Å²) in [5.41, 5.74) is 0.541. The Morgan fingerprint density at radius 3 is 2.35 bits per heavy atom. The van der Waals surface area contributed by atoms with Gasteiger partial charge < -0.3 is 20.8 Å². The maximum absolute atomic E-state index is 12.0. The monoisotopic (exact) mass is 362 g/mol. The molecule has 7 nitrogen and oxygen atoms in total. The number of carboxylic acids is 2. The molecule has 0 aliphatic carbocycles. The number of rotatable bonds is 8. The van der Waals surface area contributed by atoms with E-state index in [0.717, 1.165) is 0 Å². The van der Waals surface area contributed by atoms with Gasteiger partial charge in [0.15, 0.2) is 0 Å². The second-order valence-corrected chi connectivity index (χ2v) is 5.64. The van der Waals surface area contributed by atoms with Crippen molar-refractivity contribution >= 4 is 46.7 Å². The van der Waals surface area contributed by atoms with Crippen molar-refractivity contribution in [2.24, 2.45) is 0 Å². The van der Waals surface area contributed by atoms with Crippen LogP contribution in [0.1, 0.15) is 19.8 Å². The molecule has 126 valence electrons. The second kappa shape index (κ2) is 8.59. The van der Waals surface area contributed by atoms with Gasteiger partial charge in [0.1, 0.15) is 12.1 Å². The van der Waals surface area contributed by atoms with E-state index < -0.39 is 29.9 Å². The summed E-state index contributed by atoms with van der Waals surface area (Å²) in [4.78, 5) is 33.6. The van der Waals surface area contributed by atoms with Crippen LogP contribution < -0.4 is 10.6 Å². The molecule has 1 aromatic carbocycles. The molecule has 2 atom stereocenters. The lowest BCUT2D eigenvalue weighted by Crippen LogP contribution is -2.47. The maximum atomic E-state index is 12.0. The fourth-order valence-electron chi connectivity index (χ4n) is 1.72. The Hall–Kier alpha value is -1.99. The molecule has 1 rings (SSSR count). The molecule has 0 aliphatic heterocycles. The van der Waals surface area contributed by atoms with Gasteiger partial charge in [0.05, 0.1) is 10.0 Å². The number of halogens is 2. The van der Waals surface area contributed by atoms with Crippen LogP contribution in [0.15, 0.2) is 18.2 Å². The highest BCUT2D eigenvalue weighted by Gasteiger charge is 2.23. The molecule has 0 saturated carbocycles. The third kappa shape index (κ3) is 6.33. The van der Waals surface area contributed by atoms with E-state index in [-0.39, 0.29) is 12.8 Å². The van der Waals surface area contributed by atoms with Crippen LogP contribution in [0.25, 0.3) is 0 Å². The molecule has 0 aromatic heterocycles. The van der Waals surface area contributed by atoms with Gasteiger partial charge in [-0.15, -0.1) is 0 Å². The highest BCUT2D eigenvalue weighted by Crippen LogP contribution is 2.25. The lowest BCUT2D eigenvalue weighted by atomic mass is 10.1. The Kier molecular flexibility index (Phi) is 7.12. The standard InChI is InChI=1S/C14H16Cl2N2O5/c1-7(17-8-2-3-9(15)10(16)6-8)13(21)18-11(14(22)23)4-5-12(19)20/h2-3,6-7,11,17H,4-5H2,1H3,(H,18,21)(H,19,20)(H,22,23). The zero-order valence-electron chi connectivity index (χ0n) is 12.2. The Bertz CT molecular complexity index is 609. The van der Waals surface area contributed by atoms with E-state index in [0.29, 0.717) is 15.7 Å². The Balaban J connectivity index is 2.65. The zero-order chi connectivity index (χ0) is 17.6. The van der Waals surface area contributed by atoms with Crippen molar-refractivity contribution in [3.8, 4) is 0 Å². The number of nitrogens with one attached hydrogen (secondary N) is 2. The van der Waals surface area contributed by atoms with E-state index in [1.165, 1.54) is 13.0 Å². The van der Waals surface area contributed by atoms with Crippen LogP contribution in [-0.4, -0.2) is 40.1 Å². The Labute approximate surface area is 142 Å². The van der Waals surface area contributed by atoms with Crippen LogP contribution in [-0.2, 0) is 14.4 Å². The van der Waals surface area contributed by atoms with Crippen molar-refractivity contribution in [2.45, 2.75) is 31.8 Å². The minimum atomic E-state index is -1.29. The van der Waals surface area contributed by atoms with Gasteiger partial charge in [-0.05, 0) is 31.5 Å². The summed E-state index contributed by atoms with van der Waals surface area (Å²) < 4.78 is 0. The molecule has 0 bridgehead atoms. The van der Waals surface area contributed by atoms with Crippen molar-refractivity contribution in [1.82, 2.24) is 5.32 Å². The van der Waals surface area contributed by atoms with Crippen LogP contribution in [0.3, 0.4) is 0 Å². The lowest BCUT2D eigenvalue weighted by Gasteiger charge is -2.19. The summed E-state index contributed by atoms with van der Waals surface area (Å²) >= 11 is 11.7. The van der Waals surface area contributed by atoms with Crippen molar-refractivity contribution in [1.29, 1.82) is 0 Å². The van der Waals surface area contributed by atoms with Crippen molar-refractivity contribution in [2.75, 3.05) is 5.32 Å². The molecule has 4 N–H and O–H groups in total. The van der Waals surface area contributed by atoms with Crippen molar-refractivity contribution in [3.63, 3.8) is 0 Å². The van der Waals surface area contributed by atoms with Gasteiger partial charge >= 0.3 is 11.9 Å². The lowest BCUT2D eigenvalue weighted by molar-refractivity contribution is -0.143. The minimum Gasteiger partial charge on any atom is -0.481 e. The molecule has 2 unspecified atom stereocenters. The Morgan fingerprint density at radius 2 is 1.83 bits per heavy atom. The van der Waals surface area contributed by atoms with Crippen LogP contribution >= 0.6 is 23.2 Å². The number of hydrogen-bond acceptors (Lipinski definition) is 4. The number of carboxylic acid groups (broad SMARTS) is 2. The molecule has 0 aliphatic rings. The summed E-state index contributed by atoms with van der Waals surface area (Å²) in [6.45, 7) is 1.54. The molecule has 0 spiro atoms. The molecule has 23 heavy (non-hydrogen) atoms. The van der Waals surface area contributed by atoms with Gasteiger partial charge in [0.25, 0.3) is 0 Å². The SMILES string of the molecule is CC(Nc1ccc(Cl)c(Cl)c1)C(=O)NC(CCC(=O)O)C(=O)O. The molecule has 0 radical (unpaired) electrons. The number of hydrogen-bond donors (Lipinski definition) is 4. The number of anilines is 1. The summed E-state index contributed by atoms with van der Waals surface area (Å²) in [5, 5.41) is 23.4. The average molecular weight is 363 g/mol. The van der Waals surface area contributed by atoms with E-state index in [1.54, 1.807) is 12.1 Å². The van der Waals surface area contributed by atoms with Crippen LogP contribution in [0.5, 0.6) is 0 Å². The molecular formula is C14H16Cl2N2O5. The quantitative estimate of drug-likeness (QED) is 0.563. The number of amides is 1. The summed E-state index contributed by atoms with van der Waals surface area (Å²) in [7, 11) is 0. The first-order chi connectivity index (χ1) is 10.7. The van der Waals surface area contributed by atoms with E-state index in [9.17, 15) is 14.4 Å². The predicted octanol–water partition coefficient (Wildman–Crippen LogP) is 2.23. The fraction of sp³-hybridized carbons (Fsp3) is 0.357. The Morgan fingerprint density at radius 1 is 1.17 bits per heavy atom. The molecule has 0 heterocycles. The normalized spacial score (nSPS) is 13.0. The highest BCUT2D eigenvalue weighted by molar-refractivity contribution is 6.42. The van der Waals surface area contributed by atoms with Gasteiger partial charge in [-0.25, -0.2) is 4.79 Å². The third-order valence-corrected chi connectivity index (χ3v) is 3.70. The molecule has 1 aromatic rings. The first kappa shape index (κ1) is 19.1. The average Bonchev–Trinajstić information content (AvgIpc) is 2.46. The number of carbonyl (C=O) groups is 3. The predicted molar refractivity (Wildman–Crippen MR) is 86.0 cm³/mol. The first-order valence-electron chi connectivity index (χ1n) is 6.67. The van der Waals surface area contributed by atoms with E-state index in [4.69, 9.17) is 33.4 Å². The largest absolute Gasteiger partial charge is 0.481 e. The van der Waals surface area contributed by atoms with Gasteiger partial charge in [-0.1, -0.05) is 23.2 Å². The fourth-order valence-corrected chi connectivity index (χ4v) is 2.02.